The number of hydrogen-bond acceptors (Lipinski definition) is 3. The van der Waals surface area contributed by atoms with Gasteiger partial charge in [-0.2, -0.15) is 0 Å². The van der Waals surface area contributed by atoms with E-state index in [1.54, 1.807) is 7.11 Å². The van der Waals surface area contributed by atoms with Crippen molar-refractivity contribution < 1.29 is 9.53 Å². The van der Waals surface area contributed by atoms with Crippen LogP contribution in [-0.2, 0) is 9.53 Å². The van der Waals surface area contributed by atoms with Crippen LogP contribution in [0, 0.1) is 11.8 Å². The van der Waals surface area contributed by atoms with Gasteiger partial charge < -0.3 is 15.8 Å². The van der Waals surface area contributed by atoms with E-state index < -0.39 is 0 Å². The number of unbranched alkanes of at least 4 members (excludes halogenated alkanes) is 2. The van der Waals surface area contributed by atoms with E-state index in [1.165, 1.54) is 0 Å². The molecule has 1 amide bonds. The molecule has 0 radical (unpaired) electrons. The average molecular weight is 256 g/mol. The van der Waals surface area contributed by atoms with Crippen LogP contribution < -0.4 is 11.1 Å². The topological polar surface area (TPSA) is 64.3 Å². The Bertz CT molecular complexity index is 236. The molecule has 4 nitrogen and oxygen atoms in total. The van der Waals surface area contributed by atoms with Crippen LogP contribution in [0.15, 0.2) is 0 Å². The Kier molecular flexibility index (Phi) is 7.28. The summed E-state index contributed by atoms with van der Waals surface area (Å²) >= 11 is 0. The molecule has 0 heterocycles. The van der Waals surface area contributed by atoms with Crippen LogP contribution in [0.4, 0.5) is 0 Å². The Morgan fingerprint density at radius 2 is 2.06 bits per heavy atom. The standard InChI is InChI=1S/C14H28N2O2/c1-11-8-12(10-13(15)9-11)14(17)16-6-4-3-5-7-18-2/h11-13H,3-10,15H2,1-2H3,(H,16,17). The van der Waals surface area contributed by atoms with Crippen LogP contribution in [0.5, 0.6) is 0 Å². The second kappa shape index (κ2) is 8.48. The fraction of sp³-hybridized carbons (Fsp3) is 0.929. The number of ether oxygens (including phenoxy) is 1. The molecule has 0 spiro atoms. The van der Waals surface area contributed by atoms with Crippen molar-refractivity contribution in [3.05, 3.63) is 0 Å². The first kappa shape index (κ1) is 15.4. The van der Waals surface area contributed by atoms with Crippen molar-refractivity contribution in [2.45, 2.75) is 51.5 Å². The fourth-order valence-corrected chi connectivity index (χ4v) is 2.77. The second-order valence-electron chi connectivity index (χ2n) is 5.61. The molecule has 4 heteroatoms. The summed E-state index contributed by atoms with van der Waals surface area (Å²) in [5, 5.41) is 3.04. The molecular weight excluding hydrogens is 228 g/mol. The Morgan fingerprint density at radius 1 is 1.28 bits per heavy atom. The van der Waals surface area contributed by atoms with Crippen molar-refractivity contribution in [2.75, 3.05) is 20.3 Å². The zero-order valence-electron chi connectivity index (χ0n) is 11.8. The summed E-state index contributed by atoms with van der Waals surface area (Å²) in [6.45, 7) is 3.77. The molecule has 3 unspecified atom stereocenters. The van der Waals surface area contributed by atoms with Gasteiger partial charge in [0.15, 0.2) is 0 Å². The van der Waals surface area contributed by atoms with Gasteiger partial charge in [0.1, 0.15) is 0 Å². The fourth-order valence-electron chi connectivity index (χ4n) is 2.77. The van der Waals surface area contributed by atoms with E-state index in [1.807, 2.05) is 0 Å². The molecule has 1 aliphatic rings. The van der Waals surface area contributed by atoms with Gasteiger partial charge in [-0.3, -0.25) is 4.79 Å². The summed E-state index contributed by atoms with van der Waals surface area (Å²) in [4.78, 5) is 12.0. The molecule has 0 aliphatic heterocycles. The first-order valence-electron chi connectivity index (χ1n) is 7.15. The van der Waals surface area contributed by atoms with Gasteiger partial charge in [-0.25, -0.2) is 0 Å². The number of nitrogens with one attached hydrogen (secondary N) is 1. The Labute approximate surface area is 111 Å². The number of amides is 1. The number of methoxy groups -OCH3 is 1. The SMILES string of the molecule is COCCCCCNC(=O)C1CC(C)CC(N)C1. The van der Waals surface area contributed by atoms with Gasteiger partial charge in [0.25, 0.3) is 0 Å². The van der Waals surface area contributed by atoms with Gasteiger partial charge in [-0.05, 0) is 44.4 Å². The number of carbonyl (C=O) groups excluding carboxylic acids is 1. The van der Waals surface area contributed by atoms with Gasteiger partial charge in [0.05, 0.1) is 0 Å². The first-order valence-corrected chi connectivity index (χ1v) is 7.15. The third-order valence-corrected chi connectivity index (χ3v) is 3.67. The summed E-state index contributed by atoms with van der Waals surface area (Å²) < 4.78 is 4.99. The van der Waals surface area contributed by atoms with Crippen LogP contribution in [0.3, 0.4) is 0 Å². The Hall–Kier alpha value is -0.610. The molecular formula is C14H28N2O2. The van der Waals surface area contributed by atoms with E-state index >= 15 is 0 Å². The summed E-state index contributed by atoms with van der Waals surface area (Å²) in [7, 11) is 1.72. The largest absolute Gasteiger partial charge is 0.385 e. The number of nitrogens with two attached hydrogens (primary N) is 1. The molecule has 106 valence electrons. The lowest BCUT2D eigenvalue weighted by Crippen LogP contribution is -2.40. The van der Waals surface area contributed by atoms with Crippen LogP contribution >= 0.6 is 0 Å². The van der Waals surface area contributed by atoms with E-state index in [0.717, 1.165) is 51.7 Å². The smallest absolute Gasteiger partial charge is 0.223 e. The van der Waals surface area contributed by atoms with E-state index in [-0.39, 0.29) is 17.9 Å². The molecule has 1 fully saturated rings. The van der Waals surface area contributed by atoms with Crippen molar-refractivity contribution in [3.63, 3.8) is 0 Å². The van der Waals surface area contributed by atoms with Crippen molar-refractivity contribution in [1.29, 1.82) is 0 Å². The third kappa shape index (κ3) is 5.83. The zero-order valence-corrected chi connectivity index (χ0v) is 11.8. The quantitative estimate of drug-likeness (QED) is 0.681. The van der Waals surface area contributed by atoms with E-state index in [0.29, 0.717) is 5.92 Å². The summed E-state index contributed by atoms with van der Waals surface area (Å²) in [6, 6.07) is 0.200. The average Bonchev–Trinajstić information content (AvgIpc) is 2.32. The van der Waals surface area contributed by atoms with Crippen molar-refractivity contribution in [1.82, 2.24) is 5.32 Å². The molecule has 1 rings (SSSR count). The monoisotopic (exact) mass is 256 g/mol. The van der Waals surface area contributed by atoms with E-state index in [9.17, 15) is 4.79 Å². The lowest BCUT2D eigenvalue weighted by atomic mass is 9.79. The molecule has 0 aromatic heterocycles. The highest BCUT2D eigenvalue weighted by atomic mass is 16.5. The number of carbonyl (C=O) groups is 1. The second-order valence-corrected chi connectivity index (χ2v) is 5.61. The molecule has 18 heavy (non-hydrogen) atoms. The lowest BCUT2D eigenvalue weighted by Gasteiger charge is -2.30. The van der Waals surface area contributed by atoms with Gasteiger partial charge in [0, 0.05) is 32.2 Å². The van der Waals surface area contributed by atoms with Gasteiger partial charge in [-0.1, -0.05) is 6.92 Å². The molecule has 0 aromatic carbocycles. The summed E-state index contributed by atoms with van der Waals surface area (Å²) in [5.74, 6) is 0.901. The Balaban J connectivity index is 2.12. The Morgan fingerprint density at radius 3 is 2.72 bits per heavy atom. The third-order valence-electron chi connectivity index (χ3n) is 3.67. The van der Waals surface area contributed by atoms with Crippen molar-refractivity contribution in [2.24, 2.45) is 17.6 Å². The maximum absolute atomic E-state index is 12.0. The maximum Gasteiger partial charge on any atom is 0.223 e. The minimum absolute atomic E-state index is 0.128. The predicted octanol–water partition coefficient (Wildman–Crippen LogP) is 1.68. The molecule has 1 saturated carbocycles. The zero-order chi connectivity index (χ0) is 13.4. The van der Waals surface area contributed by atoms with Gasteiger partial charge in [0.2, 0.25) is 5.91 Å². The highest BCUT2D eigenvalue weighted by Crippen LogP contribution is 2.28. The first-order chi connectivity index (χ1) is 8.63. The molecule has 0 aromatic rings. The minimum atomic E-state index is 0.128. The normalized spacial score (nSPS) is 28.1. The van der Waals surface area contributed by atoms with Crippen molar-refractivity contribution >= 4 is 5.91 Å². The molecule has 3 atom stereocenters. The highest BCUT2D eigenvalue weighted by molar-refractivity contribution is 5.78. The lowest BCUT2D eigenvalue weighted by molar-refractivity contribution is -0.126. The summed E-state index contributed by atoms with van der Waals surface area (Å²) in [6.07, 6.45) is 6.10. The minimum Gasteiger partial charge on any atom is -0.385 e. The van der Waals surface area contributed by atoms with Crippen LogP contribution in [-0.4, -0.2) is 32.2 Å². The highest BCUT2D eigenvalue weighted by Gasteiger charge is 2.28. The van der Waals surface area contributed by atoms with Crippen LogP contribution in [0.1, 0.15) is 45.4 Å². The number of hydrogen-bond donors (Lipinski definition) is 2. The molecule has 0 saturated heterocycles. The van der Waals surface area contributed by atoms with Crippen LogP contribution in [0.25, 0.3) is 0 Å². The predicted molar refractivity (Wildman–Crippen MR) is 73.2 cm³/mol. The molecule has 3 N–H and O–H groups in total. The van der Waals surface area contributed by atoms with Crippen LogP contribution in [0.2, 0.25) is 0 Å². The van der Waals surface area contributed by atoms with Crippen molar-refractivity contribution in [3.8, 4) is 0 Å². The maximum atomic E-state index is 12.0. The van der Waals surface area contributed by atoms with Gasteiger partial charge >= 0.3 is 0 Å². The molecule has 0 bridgehead atoms. The molecule has 1 aliphatic carbocycles. The van der Waals surface area contributed by atoms with Gasteiger partial charge in [-0.15, -0.1) is 0 Å². The number of rotatable bonds is 7. The van der Waals surface area contributed by atoms with E-state index in [4.69, 9.17) is 10.5 Å². The summed E-state index contributed by atoms with van der Waals surface area (Å²) in [5.41, 5.74) is 5.97. The van der Waals surface area contributed by atoms with E-state index in [2.05, 4.69) is 12.2 Å².